The molecule has 0 unspecified atom stereocenters. The van der Waals surface area contributed by atoms with Crippen LogP contribution in [-0.2, 0) is 4.79 Å². The molecule has 3 N–H and O–H groups in total. The second kappa shape index (κ2) is 4.55. The largest absolute Gasteiger partial charge is 0.400 e. The number of rotatable bonds is 0. The lowest BCUT2D eigenvalue weighted by atomic mass is 10.5. The second-order valence-electron chi connectivity index (χ2n) is 1.22. The Kier molecular flexibility index (Phi) is 4.20. The summed E-state index contributed by atoms with van der Waals surface area (Å²) in [5, 5.41) is 7.00. The summed E-state index contributed by atoms with van der Waals surface area (Å²) >= 11 is 0. The SMILES string of the molecule is CO.O=C1CCNN1. The van der Waals surface area contributed by atoms with Crippen LogP contribution in [0.4, 0.5) is 0 Å². The molecule has 1 aliphatic rings. The molecular weight excluding hydrogens is 108 g/mol. The summed E-state index contributed by atoms with van der Waals surface area (Å²) in [7, 11) is 1.00. The molecule has 1 amide bonds. The Hall–Kier alpha value is -0.610. The van der Waals surface area contributed by atoms with Gasteiger partial charge in [-0.3, -0.25) is 10.2 Å². The predicted octanol–water partition coefficient (Wildman–Crippen LogP) is -1.38. The average Bonchev–Trinajstić information content (AvgIpc) is 2.24. The van der Waals surface area contributed by atoms with Crippen LogP contribution >= 0.6 is 0 Å². The zero-order valence-corrected chi connectivity index (χ0v) is 4.77. The Morgan fingerprint density at radius 1 is 1.62 bits per heavy atom. The smallest absolute Gasteiger partial charge is 0.235 e. The van der Waals surface area contributed by atoms with Crippen molar-refractivity contribution in [2.75, 3.05) is 13.7 Å². The summed E-state index contributed by atoms with van der Waals surface area (Å²) in [6.07, 6.45) is 0.625. The molecule has 0 aliphatic carbocycles. The van der Waals surface area contributed by atoms with Crippen molar-refractivity contribution in [3.63, 3.8) is 0 Å². The first-order valence-corrected chi connectivity index (χ1v) is 2.36. The molecule has 0 radical (unpaired) electrons. The van der Waals surface area contributed by atoms with E-state index in [1.807, 2.05) is 0 Å². The molecule has 4 nitrogen and oxygen atoms in total. The molecule has 1 aliphatic heterocycles. The number of amides is 1. The van der Waals surface area contributed by atoms with E-state index < -0.39 is 0 Å². The van der Waals surface area contributed by atoms with Crippen molar-refractivity contribution >= 4 is 5.91 Å². The van der Waals surface area contributed by atoms with Crippen LogP contribution in [0.1, 0.15) is 6.42 Å². The molecule has 0 saturated carbocycles. The van der Waals surface area contributed by atoms with E-state index in [9.17, 15) is 4.79 Å². The van der Waals surface area contributed by atoms with Crippen LogP contribution in [0, 0.1) is 0 Å². The molecule has 1 rings (SSSR count). The van der Waals surface area contributed by atoms with Crippen LogP contribution in [0.3, 0.4) is 0 Å². The maximum Gasteiger partial charge on any atom is 0.235 e. The number of hydrogen-bond acceptors (Lipinski definition) is 3. The highest BCUT2D eigenvalue weighted by Gasteiger charge is 2.04. The molecule has 0 spiro atoms. The standard InChI is InChI=1S/C3H6N2O.CH4O/c6-3-1-2-4-5-3;1-2/h4H,1-2H2,(H,5,6);2H,1H3. The average molecular weight is 118 g/mol. The predicted molar refractivity (Wildman–Crippen MR) is 28.9 cm³/mol. The first kappa shape index (κ1) is 7.39. The van der Waals surface area contributed by atoms with Gasteiger partial charge in [0.25, 0.3) is 0 Å². The van der Waals surface area contributed by atoms with E-state index in [-0.39, 0.29) is 5.91 Å². The van der Waals surface area contributed by atoms with Crippen molar-refractivity contribution in [1.82, 2.24) is 10.9 Å². The molecule has 8 heavy (non-hydrogen) atoms. The molecule has 0 aromatic carbocycles. The highest BCUT2D eigenvalue weighted by atomic mass is 16.2. The van der Waals surface area contributed by atoms with Crippen LogP contribution < -0.4 is 10.9 Å². The van der Waals surface area contributed by atoms with Gasteiger partial charge in [-0.15, -0.1) is 0 Å². The van der Waals surface area contributed by atoms with Crippen LogP contribution in [0.5, 0.6) is 0 Å². The second-order valence-corrected chi connectivity index (χ2v) is 1.22. The molecule has 0 bridgehead atoms. The number of hydrazine groups is 1. The van der Waals surface area contributed by atoms with Gasteiger partial charge < -0.3 is 5.11 Å². The molecule has 0 aromatic rings. The summed E-state index contributed by atoms with van der Waals surface area (Å²) in [5.74, 6) is 0.0926. The van der Waals surface area contributed by atoms with Gasteiger partial charge in [0, 0.05) is 20.1 Å². The van der Waals surface area contributed by atoms with Crippen molar-refractivity contribution in [3.05, 3.63) is 0 Å². The zero-order chi connectivity index (χ0) is 6.41. The summed E-state index contributed by atoms with van der Waals surface area (Å²) in [4.78, 5) is 10.1. The van der Waals surface area contributed by atoms with Gasteiger partial charge in [0.1, 0.15) is 0 Å². The highest BCUT2D eigenvalue weighted by molar-refractivity contribution is 5.77. The van der Waals surface area contributed by atoms with E-state index >= 15 is 0 Å². The molecular formula is C4H10N2O2. The van der Waals surface area contributed by atoms with E-state index in [0.29, 0.717) is 6.42 Å². The van der Waals surface area contributed by atoms with Gasteiger partial charge in [0.15, 0.2) is 0 Å². The number of hydrogen-bond donors (Lipinski definition) is 3. The van der Waals surface area contributed by atoms with Gasteiger partial charge in [0.2, 0.25) is 5.91 Å². The Morgan fingerprint density at radius 2 is 2.25 bits per heavy atom. The van der Waals surface area contributed by atoms with E-state index in [4.69, 9.17) is 5.11 Å². The summed E-state index contributed by atoms with van der Waals surface area (Å²) in [5.41, 5.74) is 5.10. The van der Waals surface area contributed by atoms with Crippen LogP contribution in [-0.4, -0.2) is 24.7 Å². The number of aliphatic hydroxyl groups is 1. The van der Waals surface area contributed by atoms with Gasteiger partial charge in [-0.05, 0) is 0 Å². The molecule has 1 heterocycles. The van der Waals surface area contributed by atoms with E-state index in [1.165, 1.54) is 0 Å². The maximum absolute atomic E-state index is 10.1. The number of carbonyl (C=O) groups is 1. The molecule has 1 saturated heterocycles. The van der Waals surface area contributed by atoms with Gasteiger partial charge in [-0.1, -0.05) is 0 Å². The Labute approximate surface area is 47.9 Å². The Bertz CT molecular complexity index is 66.4. The molecule has 4 heteroatoms. The van der Waals surface area contributed by atoms with E-state index in [1.54, 1.807) is 0 Å². The quantitative estimate of drug-likeness (QED) is 0.367. The minimum atomic E-state index is 0.0926. The van der Waals surface area contributed by atoms with E-state index in [0.717, 1.165) is 13.7 Å². The third-order valence-corrected chi connectivity index (χ3v) is 0.705. The third-order valence-electron chi connectivity index (χ3n) is 0.705. The van der Waals surface area contributed by atoms with Crippen molar-refractivity contribution in [2.45, 2.75) is 6.42 Å². The topological polar surface area (TPSA) is 61.4 Å². The van der Waals surface area contributed by atoms with Gasteiger partial charge in [-0.25, -0.2) is 5.43 Å². The van der Waals surface area contributed by atoms with Gasteiger partial charge in [0.05, 0.1) is 0 Å². The fourth-order valence-corrected chi connectivity index (χ4v) is 0.400. The van der Waals surface area contributed by atoms with Crippen molar-refractivity contribution in [2.24, 2.45) is 0 Å². The van der Waals surface area contributed by atoms with Crippen LogP contribution in [0.25, 0.3) is 0 Å². The van der Waals surface area contributed by atoms with Crippen molar-refractivity contribution in [1.29, 1.82) is 0 Å². The van der Waals surface area contributed by atoms with Crippen LogP contribution in [0.15, 0.2) is 0 Å². The van der Waals surface area contributed by atoms with Crippen LogP contribution in [0.2, 0.25) is 0 Å². The molecule has 1 fully saturated rings. The third kappa shape index (κ3) is 2.54. The van der Waals surface area contributed by atoms with Gasteiger partial charge in [-0.2, -0.15) is 0 Å². The minimum absolute atomic E-state index is 0.0926. The summed E-state index contributed by atoms with van der Waals surface area (Å²) in [6.45, 7) is 0.777. The fraction of sp³-hybridized carbons (Fsp3) is 0.750. The lowest BCUT2D eigenvalue weighted by Crippen LogP contribution is -2.25. The zero-order valence-electron chi connectivity index (χ0n) is 4.77. The van der Waals surface area contributed by atoms with Crippen molar-refractivity contribution in [3.8, 4) is 0 Å². The molecule has 0 aromatic heterocycles. The first-order chi connectivity index (χ1) is 3.89. The lowest BCUT2D eigenvalue weighted by Gasteiger charge is -1.83. The van der Waals surface area contributed by atoms with Crippen molar-refractivity contribution < 1.29 is 9.90 Å². The number of nitrogens with one attached hydrogen (secondary N) is 2. The van der Waals surface area contributed by atoms with Gasteiger partial charge >= 0.3 is 0 Å². The van der Waals surface area contributed by atoms with E-state index in [2.05, 4.69) is 10.9 Å². The first-order valence-electron chi connectivity index (χ1n) is 2.36. The molecule has 48 valence electrons. The lowest BCUT2D eigenvalue weighted by molar-refractivity contribution is -0.119. The maximum atomic E-state index is 10.1. The summed E-state index contributed by atoms with van der Waals surface area (Å²) in [6, 6.07) is 0. The highest BCUT2D eigenvalue weighted by Crippen LogP contribution is 1.79. The summed E-state index contributed by atoms with van der Waals surface area (Å²) < 4.78 is 0. The fourth-order valence-electron chi connectivity index (χ4n) is 0.400. The number of carbonyl (C=O) groups excluding carboxylic acids is 1. The normalized spacial score (nSPS) is 16.5. The Balaban J connectivity index is 0.000000222. The molecule has 0 atom stereocenters. The monoisotopic (exact) mass is 118 g/mol. The minimum Gasteiger partial charge on any atom is -0.400 e. The number of aliphatic hydroxyl groups excluding tert-OH is 1. The Morgan fingerprint density at radius 3 is 2.38 bits per heavy atom.